The first-order chi connectivity index (χ1) is 8.60. The molecule has 2 N–H and O–H groups in total. The average molecular weight is 246 g/mol. The van der Waals surface area contributed by atoms with Crippen molar-refractivity contribution in [3.05, 3.63) is 29.3 Å². The summed E-state index contributed by atoms with van der Waals surface area (Å²) in [5, 5.41) is 10.5. The minimum absolute atomic E-state index is 0.708. The van der Waals surface area contributed by atoms with Crippen LogP contribution in [0.1, 0.15) is 17.1 Å². The number of hydrogen-bond donors (Lipinski definition) is 2. The van der Waals surface area contributed by atoms with Gasteiger partial charge in [-0.3, -0.25) is 4.68 Å². The molecule has 6 nitrogen and oxygen atoms in total. The summed E-state index contributed by atoms with van der Waals surface area (Å²) in [7, 11) is 3.78. The Balaban J connectivity index is 2.10. The van der Waals surface area contributed by atoms with E-state index < -0.39 is 0 Å². The standard InChI is InChI=1S/C12H18N6/c1-8-10(7-15-18(8)4)6-14-12-5-11(13-3)16-9(2)17-12/h5,7H,6H2,1-4H3,(H2,13,14,16,17). The van der Waals surface area contributed by atoms with Crippen LogP contribution in [-0.4, -0.2) is 26.8 Å². The fraction of sp³-hybridized carbons (Fsp3) is 0.417. The number of aromatic nitrogens is 4. The highest BCUT2D eigenvalue weighted by Crippen LogP contribution is 2.13. The highest BCUT2D eigenvalue weighted by molar-refractivity contribution is 5.47. The van der Waals surface area contributed by atoms with E-state index in [1.807, 2.05) is 44.9 Å². The Morgan fingerprint density at radius 2 is 1.94 bits per heavy atom. The van der Waals surface area contributed by atoms with E-state index in [0.29, 0.717) is 6.54 Å². The fourth-order valence-corrected chi connectivity index (χ4v) is 1.69. The minimum Gasteiger partial charge on any atom is -0.373 e. The van der Waals surface area contributed by atoms with Crippen molar-refractivity contribution in [2.75, 3.05) is 17.7 Å². The molecule has 0 spiro atoms. The van der Waals surface area contributed by atoms with E-state index in [0.717, 1.165) is 23.2 Å². The van der Waals surface area contributed by atoms with Gasteiger partial charge in [0.1, 0.15) is 17.5 Å². The van der Waals surface area contributed by atoms with Gasteiger partial charge in [0.2, 0.25) is 0 Å². The Bertz CT molecular complexity index is 545. The van der Waals surface area contributed by atoms with E-state index in [1.54, 1.807) is 0 Å². The number of rotatable bonds is 4. The topological polar surface area (TPSA) is 67.7 Å². The molecule has 0 radical (unpaired) electrons. The van der Waals surface area contributed by atoms with Gasteiger partial charge in [0.05, 0.1) is 6.20 Å². The Morgan fingerprint density at radius 1 is 1.22 bits per heavy atom. The zero-order chi connectivity index (χ0) is 13.1. The molecule has 6 heteroatoms. The second-order valence-electron chi connectivity index (χ2n) is 4.17. The molecule has 96 valence electrons. The number of hydrogen-bond acceptors (Lipinski definition) is 5. The van der Waals surface area contributed by atoms with Gasteiger partial charge in [0.15, 0.2) is 0 Å². The van der Waals surface area contributed by atoms with E-state index >= 15 is 0 Å². The normalized spacial score (nSPS) is 10.4. The summed E-state index contributed by atoms with van der Waals surface area (Å²) in [5.74, 6) is 2.37. The molecule has 0 unspecified atom stereocenters. The van der Waals surface area contributed by atoms with Gasteiger partial charge in [-0.1, -0.05) is 0 Å². The molecular formula is C12H18N6. The summed E-state index contributed by atoms with van der Waals surface area (Å²) in [5.41, 5.74) is 2.32. The lowest BCUT2D eigenvalue weighted by molar-refractivity contribution is 0.738. The number of aryl methyl sites for hydroxylation is 2. The predicted octanol–water partition coefficient (Wildman–Crippen LogP) is 1.48. The van der Waals surface area contributed by atoms with E-state index in [9.17, 15) is 0 Å². The molecule has 0 aliphatic rings. The van der Waals surface area contributed by atoms with Crippen molar-refractivity contribution in [2.45, 2.75) is 20.4 Å². The zero-order valence-electron chi connectivity index (χ0n) is 11.2. The molecule has 2 aromatic heterocycles. The minimum atomic E-state index is 0.708. The van der Waals surface area contributed by atoms with Crippen molar-refractivity contribution in [3.63, 3.8) is 0 Å². The maximum absolute atomic E-state index is 4.34. The Kier molecular flexibility index (Phi) is 3.45. The molecule has 0 aromatic carbocycles. The lowest BCUT2D eigenvalue weighted by Gasteiger charge is -2.08. The molecule has 18 heavy (non-hydrogen) atoms. The summed E-state index contributed by atoms with van der Waals surface area (Å²) in [6.45, 7) is 4.63. The Morgan fingerprint density at radius 3 is 2.56 bits per heavy atom. The molecule has 0 saturated carbocycles. The molecule has 2 rings (SSSR count). The van der Waals surface area contributed by atoms with Gasteiger partial charge in [-0.15, -0.1) is 0 Å². The third-order valence-corrected chi connectivity index (χ3v) is 2.89. The molecule has 0 fully saturated rings. The van der Waals surface area contributed by atoms with E-state index in [1.165, 1.54) is 5.56 Å². The number of nitrogens with one attached hydrogen (secondary N) is 2. The van der Waals surface area contributed by atoms with E-state index in [2.05, 4.69) is 25.7 Å². The molecule has 0 atom stereocenters. The second-order valence-corrected chi connectivity index (χ2v) is 4.17. The summed E-state index contributed by atoms with van der Waals surface area (Å²) in [6, 6.07) is 1.89. The van der Waals surface area contributed by atoms with Crippen molar-refractivity contribution >= 4 is 11.6 Å². The summed E-state index contributed by atoms with van der Waals surface area (Å²) < 4.78 is 1.86. The highest BCUT2D eigenvalue weighted by Gasteiger charge is 2.05. The van der Waals surface area contributed by atoms with Gasteiger partial charge in [0, 0.05) is 38.0 Å². The zero-order valence-corrected chi connectivity index (χ0v) is 11.2. The largest absolute Gasteiger partial charge is 0.373 e. The van der Waals surface area contributed by atoms with Crippen molar-refractivity contribution in [2.24, 2.45) is 7.05 Å². The lowest BCUT2D eigenvalue weighted by atomic mass is 10.2. The molecule has 0 aliphatic carbocycles. The molecular weight excluding hydrogens is 228 g/mol. The van der Waals surface area contributed by atoms with Gasteiger partial charge in [-0.05, 0) is 13.8 Å². The molecule has 2 aromatic rings. The maximum atomic E-state index is 4.34. The number of anilines is 2. The summed E-state index contributed by atoms with van der Waals surface area (Å²) >= 11 is 0. The van der Waals surface area contributed by atoms with E-state index in [-0.39, 0.29) is 0 Å². The second kappa shape index (κ2) is 5.03. The van der Waals surface area contributed by atoms with Crippen molar-refractivity contribution in [1.82, 2.24) is 19.7 Å². The van der Waals surface area contributed by atoms with Gasteiger partial charge < -0.3 is 10.6 Å². The van der Waals surface area contributed by atoms with Crippen LogP contribution >= 0.6 is 0 Å². The van der Waals surface area contributed by atoms with Crippen molar-refractivity contribution < 1.29 is 0 Å². The Hall–Kier alpha value is -2.11. The average Bonchev–Trinajstić information content (AvgIpc) is 2.67. The third-order valence-electron chi connectivity index (χ3n) is 2.89. The molecule has 0 saturated heterocycles. The van der Waals surface area contributed by atoms with Crippen molar-refractivity contribution in [3.8, 4) is 0 Å². The molecule has 0 bridgehead atoms. The van der Waals surface area contributed by atoms with Gasteiger partial charge in [-0.2, -0.15) is 5.10 Å². The first kappa shape index (κ1) is 12.3. The summed E-state index contributed by atoms with van der Waals surface area (Å²) in [4.78, 5) is 8.59. The highest BCUT2D eigenvalue weighted by atomic mass is 15.3. The third kappa shape index (κ3) is 2.58. The van der Waals surface area contributed by atoms with Crippen LogP contribution in [0.3, 0.4) is 0 Å². The summed E-state index contributed by atoms with van der Waals surface area (Å²) in [6.07, 6.45) is 1.87. The first-order valence-electron chi connectivity index (χ1n) is 5.85. The van der Waals surface area contributed by atoms with Crippen LogP contribution in [0, 0.1) is 13.8 Å². The number of nitrogens with zero attached hydrogens (tertiary/aromatic N) is 4. The fourth-order valence-electron chi connectivity index (χ4n) is 1.69. The van der Waals surface area contributed by atoms with Crippen LogP contribution in [0.15, 0.2) is 12.3 Å². The predicted molar refractivity (Wildman–Crippen MR) is 71.6 cm³/mol. The van der Waals surface area contributed by atoms with Crippen molar-refractivity contribution in [1.29, 1.82) is 0 Å². The smallest absolute Gasteiger partial charge is 0.132 e. The first-order valence-corrected chi connectivity index (χ1v) is 5.85. The monoisotopic (exact) mass is 246 g/mol. The Labute approximate surface area is 106 Å². The van der Waals surface area contributed by atoms with Crippen LogP contribution in [0.5, 0.6) is 0 Å². The maximum Gasteiger partial charge on any atom is 0.132 e. The van der Waals surface area contributed by atoms with E-state index in [4.69, 9.17) is 0 Å². The molecule has 2 heterocycles. The van der Waals surface area contributed by atoms with Crippen LogP contribution in [-0.2, 0) is 13.6 Å². The van der Waals surface area contributed by atoms with Crippen LogP contribution in [0.25, 0.3) is 0 Å². The lowest BCUT2D eigenvalue weighted by Crippen LogP contribution is -2.05. The quantitative estimate of drug-likeness (QED) is 0.855. The van der Waals surface area contributed by atoms with Gasteiger partial charge in [0.25, 0.3) is 0 Å². The SMILES string of the molecule is CNc1cc(NCc2cnn(C)c2C)nc(C)n1. The van der Waals surface area contributed by atoms with Crippen LogP contribution in [0.4, 0.5) is 11.6 Å². The molecule has 0 aliphatic heterocycles. The van der Waals surface area contributed by atoms with Crippen LogP contribution < -0.4 is 10.6 Å². The van der Waals surface area contributed by atoms with Gasteiger partial charge >= 0.3 is 0 Å². The van der Waals surface area contributed by atoms with Crippen LogP contribution in [0.2, 0.25) is 0 Å². The van der Waals surface area contributed by atoms with Gasteiger partial charge in [-0.25, -0.2) is 9.97 Å². The molecule has 0 amide bonds.